The van der Waals surface area contributed by atoms with Crippen molar-refractivity contribution in [2.45, 2.75) is 44.1 Å². The van der Waals surface area contributed by atoms with E-state index in [0.29, 0.717) is 13.0 Å². The summed E-state index contributed by atoms with van der Waals surface area (Å²) >= 11 is 0. The van der Waals surface area contributed by atoms with Crippen molar-refractivity contribution in [1.29, 1.82) is 0 Å². The molecule has 1 heterocycles. The van der Waals surface area contributed by atoms with Gasteiger partial charge < -0.3 is 20.1 Å². The number of carbonyl (C=O) groups excluding carboxylic acids is 2. The molecule has 1 saturated heterocycles. The Kier molecular flexibility index (Phi) is 5.55. The van der Waals surface area contributed by atoms with Crippen LogP contribution in [0.2, 0.25) is 0 Å². The number of amides is 2. The highest BCUT2D eigenvalue weighted by atomic mass is 16.5. The Bertz CT molecular complexity index is 637. The molecule has 4 atom stereocenters. The summed E-state index contributed by atoms with van der Waals surface area (Å²) in [4.78, 5) is 24.8. The van der Waals surface area contributed by atoms with Crippen molar-refractivity contribution < 1.29 is 19.1 Å². The van der Waals surface area contributed by atoms with Crippen molar-refractivity contribution in [1.82, 2.24) is 16.0 Å². The average Bonchev–Trinajstić information content (AvgIpc) is 2.65. The average molecular weight is 347 g/mol. The lowest BCUT2D eigenvalue weighted by atomic mass is 9.80. The first-order chi connectivity index (χ1) is 12.1. The van der Waals surface area contributed by atoms with Crippen LogP contribution in [0.3, 0.4) is 0 Å². The monoisotopic (exact) mass is 347 g/mol. The summed E-state index contributed by atoms with van der Waals surface area (Å²) in [6.07, 6.45) is 1.84. The second-order valence-corrected chi connectivity index (χ2v) is 6.56. The van der Waals surface area contributed by atoms with Crippen LogP contribution >= 0.6 is 0 Å². The van der Waals surface area contributed by atoms with Crippen LogP contribution in [0.4, 0.5) is 0 Å². The molecule has 25 heavy (non-hydrogen) atoms. The van der Waals surface area contributed by atoms with E-state index < -0.39 is 6.17 Å². The van der Waals surface area contributed by atoms with Crippen molar-refractivity contribution in [3.05, 3.63) is 29.8 Å². The largest absolute Gasteiger partial charge is 0.497 e. The molecule has 1 aromatic carbocycles. The first-order valence-electron chi connectivity index (χ1n) is 8.60. The highest BCUT2D eigenvalue weighted by Gasteiger charge is 2.42. The minimum atomic E-state index is -0.696. The van der Waals surface area contributed by atoms with E-state index >= 15 is 0 Å². The van der Waals surface area contributed by atoms with Crippen molar-refractivity contribution >= 4 is 11.8 Å². The van der Waals surface area contributed by atoms with Gasteiger partial charge in [0.05, 0.1) is 19.1 Å². The maximum absolute atomic E-state index is 12.4. The second kappa shape index (κ2) is 7.84. The van der Waals surface area contributed by atoms with Crippen LogP contribution in [0.5, 0.6) is 5.75 Å². The van der Waals surface area contributed by atoms with Crippen LogP contribution in [0.25, 0.3) is 0 Å². The standard InChI is InChI=1S/C18H25N3O4/c1-24-12-5-3-4-11(8-12)10-19-18(23)16-20-15-7-6-13(25-2)9-14(15)17(22)21-16/h3-5,8,13-16,20H,6-7,9-10H2,1-2H3,(H,19,23)(H,21,22). The maximum atomic E-state index is 12.4. The van der Waals surface area contributed by atoms with E-state index in [4.69, 9.17) is 9.47 Å². The van der Waals surface area contributed by atoms with Crippen molar-refractivity contribution in [3.8, 4) is 5.75 Å². The maximum Gasteiger partial charge on any atom is 0.257 e. The third kappa shape index (κ3) is 4.11. The van der Waals surface area contributed by atoms with Gasteiger partial charge in [0.15, 0.2) is 6.17 Å². The summed E-state index contributed by atoms with van der Waals surface area (Å²) in [5.41, 5.74) is 0.938. The molecule has 0 spiro atoms. The fourth-order valence-corrected chi connectivity index (χ4v) is 3.56. The Labute approximate surface area is 147 Å². The van der Waals surface area contributed by atoms with E-state index in [0.717, 1.165) is 24.2 Å². The Morgan fingerprint density at radius 1 is 1.32 bits per heavy atom. The van der Waals surface area contributed by atoms with Gasteiger partial charge in [0.25, 0.3) is 5.91 Å². The van der Waals surface area contributed by atoms with Crippen LogP contribution in [-0.2, 0) is 20.9 Å². The van der Waals surface area contributed by atoms with Crippen molar-refractivity contribution in [2.75, 3.05) is 14.2 Å². The summed E-state index contributed by atoms with van der Waals surface area (Å²) in [6, 6.07) is 7.53. The summed E-state index contributed by atoms with van der Waals surface area (Å²) < 4.78 is 10.5. The van der Waals surface area contributed by atoms with Crippen LogP contribution in [-0.4, -0.2) is 44.3 Å². The molecule has 1 aliphatic heterocycles. The zero-order valence-corrected chi connectivity index (χ0v) is 14.6. The van der Waals surface area contributed by atoms with E-state index in [9.17, 15) is 9.59 Å². The third-order valence-corrected chi connectivity index (χ3v) is 5.00. The van der Waals surface area contributed by atoms with Gasteiger partial charge in [0.1, 0.15) is 5.75 Å². The van der Waals surface area contributed by atoms with E-state index in [1.165, 1.54) is 0 Å². The molecule has 7 nitrogen and oxygen atoms in total. The summed E-state index contributed by atoms with van der Waals surface area (Å²) in [5.74, 6) is 0.297. The molecule has 1 aliphatic carbocycles. The minimum absolute atomic E-state index is 0.0210. The van der Waals surface area contributed by atoms with E-state index in [-0.39, 0.29) is 29.9 Å². The van der Waals surface area contributed by atoms with Gasteiger partial charge >= 0.3 is 0 Å². The number of rotatable bonds is 5. The number of carbonyl (C=O) groups is 2. The van der Waals surface area contributed by atoms with Gasteiger partial charge in [-0.25, -0.2) is 0 Å². The van der Waals surface area contributed by atoms with Crippen molar-refractivity contribution in [3.63, 3.8) is 0 Å². The fourth-order valence-electron chi connectivity index (χ4n) is 3.56. The predicted molar refractivity (Wildman–Crippen MR) is 91.8 cm³/mol. The number of methoxy groups -OCH3 is 2. The number of ether oxygens (including phenoxy) is 2. The molecule has 2 amide bonds. The molecular weight excluding hydrogens is 322 g/mol. The van der Waals surface area contributed by atoms with E-state index in [1.54, 1.807) is 14.2 Å². The zero-order valence-electron chi connectivity index (χ0n) is 14.6. The van der Waals surface area contributed by atoms with E-state index in [2.05, 4.69) is 16.0 Å². The Morgan fingerprint density at radius 3 is 2.92 bits per heavy atom. The molecule has 2 fully saturated rings. The quantitative estimate of drug-likeness (QED) is 0.724. The van der Waals surface area contributed by atoms with Crippen LogP contribution in [0.15, 0.2) is 24.3 Å². The zero-order chi connectivity index (χ0) is 17.8. The molecule has 0 radical (unpaired) electrons. The fraction of sp³-hybridized carbons (Fsp3) is 0.556. The van der Waals surface area contributed by atoms with Gasteiger partial charge in [0, 0.05) is 19.7 Å². The van der Waals surface area contributed by atoms with Gasteiger partial charge in [-0.2, -0.15) is 0 Å². The Balaban J connectivity index is 1.55. The summed E-state index contributed by atoms with van der Waals surface area (Å²) in [7, 11) is 3.28. The molecule has 7 heteroatoms. The number of fused-ring (bicyclic) bond motifs is 1. The molecule has 3 rings (SSSR count). The molecule has 4 unspecified atom stereocenters. The molecule has 3 N–H and O–H groups in total. The molecule has 1 aromatic rings. The molecule has 1 saturated carbocycles. The lowest BCUT2D eigenvalue weighted by Gasteiger charge is -2.41. The summed E-state index contributed by atoms with van der Waals surface area (Å²) in [5, 5.41) is 8.90. The van der Waals surface area contributed by atoms with Crippen LogP contribution < -0.4 is 20.7 Å². The predicted octanol–water partition coefficient (Wildman–Crippen LogP) is 0.541. The van der Waals surface area contributed by atoms with Gasteiger partial charge in [0.2, 0.25) is 5.91 Å². The normalized spacial score (nSPS) is 28.6. The lowest BCUT2D eigenvalue weighted by molar-refractivity contribution is -0.139. The van der Waals surface area contributed by atoms with Gasteiger partial charge in [-0.15, -0.1) is 0 Å². The molecule has 0 bridgehead atoms. The van der Waals surface area contributed by atoms with Crippen LogP contribution in [0, 0.1) is 5.92 Å². The second-order valence-electron chi connectivity index (χ2n) is 6.56. The summed E-state index contributed by atoms with van der Waals surface area (Å²) in [6.45, 7) is 0.379. The van der Waals surface area contributed by atoms with Gasteiger partial charge in [-0.1, -0.05) is 12.1 Å². The smallest absolute Gasteiger partial charge is 0.257 e. The highest BCUT2D eigenvalue weighted by Crippen LogP contribution is 2.29. The highest BCUT2D eigenvalue weighted by molar-refractivity contribution is 5.90. The third-order valence-electron chi connectivity index (χ3n) is 5.00. The molecule has 136 valence electrons. The number of benzene rings is 1. The molecule has 2 aliphatic rings. The van der Waals surface area contributed by atoms with Gasteiger partial charge in [-0.3, -0.25) is 14.9 Å². The minimum Gasteiger partial charge on any atom is -0.497 e. The topological polar surface area (TPSA) is 88.7 Å². The Morgan fingerprint density at radius 2 is 2.16 bits per heavy atom. The first-order valence-corrected chi connectivity index (χ1v) is 8.60. The number of nitrogens with one attached hydrogen (secondary N) is 3. The number of hydrogen-bond acceptors (Lipinski definition) is 5. The van der Waals surface area contributed by atoms with Crippen molar-refractivity contribution in [2.24, 2.45) is 5.92 Å². The number of hydrogen-bond donors (Lipinski definition) is 3. The Hall–Kier alpha value is -2.12. The van der Waals surface area contributed by atoms with Crippen LogP contribution in [0.1, 0.15) is 24.8 Å². The molecular formula is C18H25N3O4. The van der Waals surface area contributed by atoms with E-state index in [1.807, 2.05) is 24.3 Å². The lowest BCUT2D eigenvalue weighted by Crippen LogP contribution is -2.67. The SMILES string of the molecule is COc1cccc(CNC(=O)C2NC(=O)C3CC(OC)CCC3N2)c1. The first kappa shape index (κ1) is 17.7. The van der Waals surface area contributed by atoms with Gasteiger partial charge in [-0.05, 0) is 37.0 Å². The molecule has 0 aromatic heterocycles.